The zero-order valence-electron chi connectivity index (χ0n) is 15.6. The minimum absolute atomic E-state index is 0.650. The second-order valence-corrected chi connectivity index (χ2v) is 6.66. The molecule has 0 bridgehead atoms. The number of hydrogen-bond acceptors (Lipinski definition) is 3. The van der Waals surface area contributed by atoms with Gasteiger partial charge < -0.3 is 15.5 Å². The van der Waals surface area contributed by atoms with Gasteiger partial charge in [0.05, 0.1) is 12.2 Å². The van der Waals surface area contributed by atoms with Crippen LogP contribution in [0.2, 0.25) is 0 Å². The Morgan fingerprint density at radius 2 is 2.21 bits per heavy atom. The van der Waals surface area contributed by atoms with Crippen molar-refractivity contribution >= 4 is 5.96 Å². The molecule has 2 N–H and O–H groups in total. The van der Waals surface area contributed by atoms with Gasteiger partial charge in [-0.15, -0.1) is 0 Å². The number of aliphatic imine (C=N–C) groups is 1. The normalized spacial score (nSPS) is 19.5. The average molecular weight is 335 g/mol. The Kier molecular flexibility index (Phi) is 8.08. The first-order valence-electron chi connectivity index (χ1n) is 9.43. The van der Waals surface area contributed by atoms with Gasteiger partial charge in [-0.05, 0) is 58.7 Å². The van der Waals surface area contributed by atoms with E-state index < -0.39 is 0 Å². The summed E-state index contributed by atoms with van der Waals surface area (Å²) in [5, 5.41) is 10.9. The molecule has 1 fully saturated rings. The topological polar surface area (TPSA) is 57.5 Å². The zero-order chi connectivity index (χ0) is 17.2. The highest BCUT2D eigenvalue weighted by Crippen LogP contribution is 2.16. The summed E-state index contributed by atoms with van der Waals surface area (Å²) < 4.78 is 1.87. The maximum Gasteiger partial charge on any atom is 0.191 e. The van der Waals surface area contributed by atoms with Crippen molar-refractivity contribution in [2.45, 2.75) is 58.5 Å². The second kappa shape index (κ2) is 10.3. The third-order valence-corrected chi connectivity index (χ3v) is 4.77. The largest absolute Gasteiger partial charge is 0.357 e. The van der Waals surface area contributed by atoms with E-state index in [0.29, 0.717) is 6.54 Å². The Hall–Kier alpha value is -1.56. The summed E-state index contributed by atoms with van der Waals surface area (Å²) in [5.74, 6) is 0.894. The van der Waals surface area contributed by atoms with Gasteiger partial charge in [0.2, 0.25) is 0 Å². The molecule has 0 aliphatic carbocycles. The minimum atomic E-state index is 0.650. The Labute approximate surface area is 146 Å². The number of unbranched alkanes of at least 4 members (excludes halogenated alkanes) is 1. The average Bonchev–Trinajstić information content (AvgIpc) is 2.99. The van der Waals surface area contributed by atoms with Crippen molar-refractivity contribution in [3.05, 3.63) is 18.0 Å². The van der Waals surface area contributed by atoms with E-state index in [-0.39, 0.29) is 0 Å². The van der Waals surface area contributed by atoms with Crippen LogP contribution in [0.15, 0.2) is 17.3 Å². The van der Waals surface area contributed by atoms with Gasteiger partial charge in [-0.1, -0.05) is 6.42 Å². The third-order valence-electron chi connectivity index (χ3n) is 4.77. The molecular weight excluding hydrogens is 300 g/mol. The summed E-state index contributed by atoms with van der Waals surface area (Å²) in [6.07, 6.45) is 8.38. The highest BCUT2D eigenvalue weighted by atomic mass is 15.3. The Morgan fingerprint density at radius 1 is 1.33 bits per heavy atom. The molecule has 0 radical (unpaired) electrons. The van der Waals surface area contributed by atoms with Gasteiger partial charge in [-0.3, -0.25) is 4.68 Å². The van der Waals surface area contributed by atoms with Crippen molar-refractivity contribution in [2.24, 2.45) is 12.0 Å². The molecule has 1 atom stereocenters. The van der Waals surface area contributed by atoms with Crippen molar-refractivity contribution in [3.63, 3.8) is 0 Å². The van der Waals surface area contributed by atoms with E-state index in [4.69, 9.17) is 0 Å². The van der Waals surface area contributed by atoms with E-state index in [2.05, 4.69) is 39.5 Å². The minimum Gasteiger partial charge on any atom is -0.357 e. The summed E-state index contributed by atoms with van der Waals surface area (Å²) in [4.78, 5) is 7.28. The lowest BCUT2D eigenvalue weighted by Gasteiger charge is -2.33. The van der Waals surface area contributed by atoms with Crippen LogP contribution < -0.4 is 10.6 Å². The first-order valence-corrected chi connectivity index (χ1v) is 9.43. The van der Waals surface area contributed by atoms with Crippen LogP contribution in [-0.2, 0) is 13.6 Å². The lowest BCUT2D eigenvalue weighted by molar-refractivity contribution is 0.158. The maximum absolute atomic E-state index is 4.64. The Balaban J connectivity index is 1.66. The number of nitrogens with zero attached hydrogens (tertiary/aromatic N) is 4. The lowest BCUT2D eigenvalue weighted by Crippen LogP contribution is -2.39. The number of rotatable bonds is 8. The molecule has 24 heavy (non-hydrogen) atoms. The molecule has 136 valence electrons. The van der Waals surface area contributed by atoms with E-state index in [0.717, 1.165) is 30.8 Å². The molecule has 2 rings (SSSR count). The second-order valence-electron chi connectivity index (χ2n) is 6.66. The molecule has 6 nitrogen and oxygen atoms in total. The molecule has 0 aromatic carbocycles. The first-order chi connectivity index (χ1) is 11.7. The predicted molar refractivity (Wildman–Crippen MR) is 100 cm³/mol. The van der Waals surface area contributed by atoms with Crippen molar-refractivity contribution in [1.29, 1.82) is 0 Å². The smallest absolute Gasteiger partial charge is 0.191 e. The molecule has 1 aliphatic rings. The number of nitrogens with one attached hydrogen (secondary N) is 2. The molecule has 1 aliphatic heterocycles. The van der Waals surface area contributed by atoms with E-state index in [9.17, 15) is 0 Å². The highest BCUT2D eigenvalue weighted by molar-refractivity contribution is 5.79. The van der Waals surface area contributed by atoms with Gasteiger partial charge in [-0.2, -0.15) is 5.10 Å². The van der Waals surface area contributed by atoms with Gasteiger partial charge in [0, 0.05) is 32.4 Å². The third kappa shape index (κ3) is 6.15. The van der Waals surface area contributed by atoms with Crippen molar-refractivity contribution in [3.8, 4) is 0 Å². The molecule has 6 heteroatoms. The number of piperidine rings is 1. The van der Waals surface area contributed by atoms with E-state index in [1.165, 1.54) is 45.2 Å². The fraction of sp³-hybridized carbons (Fsp3) is 0.778. The zero-order valence-corrected chi connectivity index (χ0v) is 15.6. The van der Waals surface area contributed by atoms with Crippen LogP contribution in [0, 0.1) is 0 Å². The number of hydrogen-bond donors (Lipinski definition) is 2. The molecule has 1 aromatic heterocycles. The maximum atomic E-state index is 4.64. The fourth-order valence-electron chi connectivity index (χ4n) is 3.19. The standard InChI is InChI=1S/C18H34N6/c1-4-19-18(21-15-17-10-12-22-23(17)3)20-11-6-8-14-24-13-7-5-9-16(24)2/h10,12,16H,4-9,11,13-15H2,1-3H3,(H2,19,20,21). The molecule has 1 unspecified atom stereocenters. The van der Waals surface area contributed by atoms with Gasteiger partial charge in [0.25, 0.3) is 0 Å². The van der Waals surface area contributed by atoms with Crippen molar-refractivity contribution in [1.82, 2.24) is 25.3 Å². The Morgan fingerprint density at radius 3 is 2.92 bits per heavy atom. The number of aryl methyl sites for hydroxylation is 1. The van der Waals surface area contributed by atoms with Crippen LogP contribution in [0.3, 0.4) is 0 Å². The van der Waals surface area contributed by atoms with Crippen LogP contribution >= 0.6 is 0 Å². The molecule has 0 amide bonds. The van der Waals surface area contributed by atoms with Crippen LogP contribution in [0.25, 0.3) is 0 Å². The van der Waals surface area contributed by atoms with Gasteiger partial charge in [-0.25, -0.2) is 4.99 Å². The molecular formula is C18H34N6. The van der Waals surface area contributed by atoms with Crippen LogP contribution in [0.5, 0.6) is 0 Å². The summed E-state index contributed by atoms with van der Waals surface area (Å²) in [5.41, 5.74) is 1.12. The monoisotopic (exact) mass is 334 g/mol. The van der Waals surface area contributed by atoms with Gasteiger partial charge >= 0.3 is 0 Å². The van der Waals surface area contributed by atoms with E-state index in [1.54, 1.807) is 0 Å². The lowest BCUT2D eigenvalue weighted by atomic mass is 10.0. The first kappa shape index (κ1) is 18.8. The van der Waals surface area contributed by atoms with Crippen LogP contribution in [-0.4, -0.2) is 52.9 Å². The molecule has 0 saturated carbocycles. The van der Waals surface area contributed by atoms with Crippen molar-refractivity contribution in [2.75, 3.05) is 26.2 Å². The van der Waals surface area contributed by atoms with Crippen molar-refractivity contribution < 1.29 is 0 Å². The SMILES string of the molecule is CCNC(=NCc1ccnn1C)NCCCCN1CCCCC1C. The quantitative estimate of drug-likeness (QED) is 0.434. The van der Waals surface area contributed by atoms with E-state index in [1.807, 2.05) is 24.0 Å². The number of aromatic nitrogens is 2. The summed E-state index contributed by atoms with van der Waals surface area (Å²) in [6, 6.07) is 2.77. The molecule has 1 saturated heterocycles. The van der Waals surface area contributed by atoms with Gasteiger partial charge in [0.15, 0.2) is 5.96 Å². The number of likely N-dealkylation sites (tertiary alicyclic amines) is 1. The van der Waals surface area contributed by atoms with E-state index >= 15 is 0 Å². The van der Waals surface area contributed by atoms with Crippen LogP contribution in [0.1, 0.15) is 51.6 Å². The predicted octanol–water partition coefficient (Wildman–Crippen LogP) is 2.13. The van der Waals surface area contributed by atoms with Crippen LogP contribution in [0.4, 0.5) is 0 Å². The summed E-state index contributed by atoms with van der Waals surface area (Å²) in [7, 11) is 1.95. The fourth-order valence-corrected chi connectivity index (χ4v) is 3.19. The Bertz CT molecular complexity index is 495. The molecule has 2 heterocycles. The number of guanidine groups is 1. The molecule has 1 aromatic rings. The molecule has 0 spiro atoms. The summed E-state index contributed by atoms with van der Waals surface area (Å²) in [6.45, 7) is 9.47. The highest BCUT2D eigenvalue weighted by Gasteiger charge is 2.16. The van der Waals surface area contributed by atoms with Gasteiger partial charge in [0.1, 0.15) is 0 Å². The summed E-state index contributed by atoms with van der Waals surface area (Å²) >= 11 is 0.